The minimum absolute atomic E-state index is 0.0878. The quantitative estimate of drug-likeness (QED) is 0.915. The van der Waals surface area contributed by atoms with Crippen molar-refractivity contribution in [3.05, 3.63) is 28.7 Å². The lowest BCUT2D eigenvalue weighted by Crippen LogP contribution is -2.39. The highest BCUT2D eigenvalue weighted by Gasteiger charge is 2.37. The smallest absolute Gasteiger partial charge is 0.181 e. The summed E-state index contributed by atoms with van der Waals surface area (Å²) in [7, 11) is -3.27. The molecule has 0 heterocycles. The molecule has 1 saturated carbocycles. The molecule has 1 aromatic rings. The molecule has 0 saturated heterocycles. The second-order valence-electron chi connectivity index (χ2n) is 5.45. The van der Waals surface area contributed by atoms with Crippen LogP contribution in [0.25, 0.3) is 0 Å². The number of hydrogen-bond donors (Lipinski definition) is 1. The van der Waals surface area contributed by atoms with E-state index in [1.807, 2.05) is 0 Å². The van der Waals surface area contributed by atoms with E-state index in [2.05, 4.69) is 22.9 Å². The molecule has 0 aromatic heterocycles. The van der Waals surface area contributed by atoms with Crippen LogP contribution in [0, 0.1) is 11.8 Å². The van der Waals surface area contributed by atoms with Crippen molar-refractivity contribution in [2.45, 2.75) is 36.3 Å². The average molecular weight is 346 g/mol. The number of sulfone groups is 1. The molecule has 5 heteroatoms. The summed E-state index contributed by atoms with van der Waals surface area (Å²) < 4.78 is 26.4. The van der Waals surface area contributed by atoms with Crippen molar-refractivity contribution >= 4 is 25.8 Å². The molecule has 0 spiro atoms. The lowest BCUT2D eigenvalue weighted by Gasteiger charge is -2.33. The molecular formula is C14H20BrNO2S. The van der Waals surface area contributed by atoms with Crippen molar-refractivity contribution in [2.24, 2.45) is 17.6 Å². The Morgan fingerprint density at radius 3 is 2.47 bits per heavy atom. The zero-order valence-electron chi connectivity index (χ0n) is 11.0. The van der Waals surface area contributed by atoms with Crippen LogP contribution in [0.15, 0.2) is 33.6 Å². The summed E-state index contributed by atoms with van der Waals surface area (Å²) in [6.45, 7) is 2.57. The molecule has 2 rings (SSSR count). The molecule has 0 bridgehead atoms. The van der Waals surface area contributed by atoms with Gasteiger partial charge in [0, 0.05) is 4.47 Å². The van der Waals surface area contributed by atoms with Crippen molar-refractivity contribution in [1.29, 1.82) is 0 Å². The van der Waals surface area contributed by atoms with Gasteiger partial charge in [-0.15, -0.1) is 0 Å². The zero-order valence-corrected chi connectivity index (χ0v) is 13.5. The molecular weight excluding hydrogens is 326 g/mol. The number of nitrogens with two attached hydrogens (primary N) is 1. The molecule has 1 fully saturated rings. The fraction of sp³-hybridized carbons (Fsp3) is 0.571. The molecule has 106 valence electrons. The zero-order chi connectivity index (χ0) is 14.0. The largest absolute Gasteiger partial charge is 0.330 e. The van der Waals surface area contributed by atoms with E-state index in [0.29, 0.717) is 17.4 Å². The number of hydrogen-bond acceptors (Lipinski definition) is 3. The highest BCUT2D eigenvalue weighted by Crippen LogP contribution is 2.35. The van der Waals surface area contributed by atoms with Crippen LogP contribution < -0.4 is 5.73 Å². The van der Waals surface area contributed by atoms with Gasteiger partial charge >= 0.3 is 0 Å². The third-order valence-electron chi connectivity index (χ3n) is 4.03. The van der Waals surface area contributed by atoms with Gasteiger partial charge in [-0.3, -0.25) is 0 Å². The van der Waals surface area contributed by atoms with Gasteiger partial charge in [-0.25, -0.2) is 8.42 Å². The van der Waals surface area contributed by atoms with Crippen LogP contribution >= 0.6 is 15.9 Å². The second-order valence-corrected chi connectivity index (χ2v) is 8.53. The van der Waals surface area contributed by atoms with E-state index >= 15 is 0 Å². The molecule has 1 aliphatic rings. The summed E-state index contributed by atoms with van der Waals surface area (Å²) in [6.07, 6.45) is 2.71. The van der Waals surface area contributed by atoms with Crippen LogP contribution in [0.1, 0.15) is 26.2 Å². The normalized spacial score (nSPS) is 28.3. The SMILES string of the molecule is CC1CCC(CN)C(S(=O)(=O)c2ccc(Br)cc2)C1. The van der Waals surface area contributed by atoms with Gasteiger partial charge in [0.25, 0.3) is 0 Å². The first kappa shape index (κ1) is 15.0. The van der Waals surface area contributed by atoms with Crippen LogP contribution in [-0.4, -0.2) is 20.2 Å². The van der Waals surface area contributed by atoms with Crippen LogP contribution in [0.5, 0.6) is 0 Å². The Morgan fingerprint density at radius 2 is 1.89 bits per heavy atom. The van der Waals surface area contributed by atoms with Gasteiger partial charge in [0.15, 0.2) is 9.84 Å². The number of rotatable bonds is 3. The average Bonchev–Trinajstić information content (AvgIpc) is 2.39. The Morgan fingerprint density at radius 1 is 1.26 bits per heavy atom. The monoisotopic (exact) mass is 345 g/mol. The van der Waals surface area contributed by atoms with Crippen molar-refractivity contribution in [1.82, 2.24) is 0 Å². The van der Waals surface area contributed by atoms with E-state index in [-0.39, 0.29) is 11.2 Å². The first-order chi connectivity index (χ1) is 8.95. The van der Waals surface area contributed by atoms with E-state index in [9.17, 15) is 8.42 Å². The number of halogens is 1. The minimum atomic E-state index is -3.27. The molecule has 19 heavy (non-hydrogen) atoms. The lowest BCUT2D eigenvalue weighted by molar-refractivity contribution is 0.296. The maximum atomic E-state index is 12.7. The van der Waals surface area contributed by atoms with E-state index in [1.54, 1.807) is 24.3 Å². The van der Waals surface area contributed by atoms with E-state index in [0.717, 1.165) is 23.7 Å². The molecule has 1 aliphatic carbocycles. The predicted octanol–water partition coefficient (Wildman–Crippen LogP) is 2.99. The van der Waals surface area contributed by atoms with Crippen LogP contribution in [0.2, 0.25) is 0 Å². The molecule has 3 nitrogen and oxygen atoms in total. The first-order valence-corrected chi connectivity index (χ1v) is 8.98. The molecule has 3 unspecified atom stereocenters. The van der Waals surface area contributed by atoms with Crippen LogP contribution in [0.4, 0.5) is 0 Å². The fourth-order valence-electron chi connectivity index (χ4n) is 2.84. The topological polar surface area (TPSA) is 60.2 Å². The second kappa shape index (κ2) is 5.94. The molecule has 0 aliphatic heterocycles. The highest BCUT2D eigenvalue weighted by molar-refractivity contribution is 9.10. The van der Waals surface area contributed by atoms with Gasteiger partial charge in [-0.1, -0.05) is 29.3 Å². The Bertz CT molecular complexity index is 527. The summed E-state index contributed by atoms with van der Waals surface area (Å²) in [4.78, 5) is 0.410. The third kappa shape index (κ3) is 3.20. The highest BCUT2D eigenvalue weighted by atomic mass is 79.9. The van der Waals surface area contributed by atoms with Crippen LogP contribution in [0.3, 0.4) is 0 Å². The Balaban J connectivity index is 2.33. The molecule has 2 N–H and O–H groups in total. The molecule has 3 atom stereocenters. The van der Waals surface area contributed by atoms with E-state index in [1.165, 1.54) is 0 Å². The summed E-state index contributed by atoms with van der Waals surface area (Å²) >= 11 is 3.33. The maximum Gasteiger partial charge on any atom is 0.181 e. The van der Waals surface area contributed by atoms with Crippen molar-refractivity contribution in [3.63, 3.8) is 0 Å². The van der Waals surface area contributed by atoms with Gasteiger partial charge in [-0.2, -0.15) is 0 Å². The predicted molar refractivity (Wildman–Crippen MR) is 80.7 cm³/mol. The summed E-state index contributed by atoms with van der Waals surface area (Å²) in [5, 5.41) is -0.331. The standard InChI is InChI=1S/C14H20BrNO2S/c1-10-2-3-11(9-16)14(8-10)19(17,18)13-6-4-12(15)5-7-13/h4-7,10-11,14H,2-3,8-9,16H2,1H3. The molecule has 0 radical (unpaired) electrons. The van der Waals surface area contributed by atoms with E-state index < -0.39 is 9.84 Å². The van der Waals surface area contributed by atoms with Gasteiger partial charge in [0.2, 0.25) is 0 Å². The Labute approximate surface area is 123 Å². The minimum Gasteiger partial charge on any atom is -0.330 e. The van der Waals surface area contributed by atoms with Gasteiger partial charge < -0.3 is 5.73 Å². The van der Waals surface area contributed by atoms with Gasteiger partial charge in [0.1, 0.15) is 0 Å². The van der Waals surface area contributed by atoms with Gasteiger partial charge in [-0.05, 0) is 55.5 Å². The lowest BCUT2D eigenvalue weighted by atomic mass is 9.82. The summed E-state index contributed by atoms with van der Waals surface area (Å²) in [5.41, 5.74) is 5.77. The van der Waals surface area contributed by atoms with Crippen LogP contribution in [-0.2, 0) is 9.84 Å². The first-order valence-electron chi connectivity index (χ1n) is 6.64. The summed E-state index contributed by atoms with van der Waals surface area (Å²) in [5.74, 6) is 0.544. The van der Waals surface area contributed by atoms with Crippen molar-refractivity contribution < 1.29 is 8.42 Å². The maximum absolute atomic E-state index is 12.7. The van der Waals surface area contributed by atoms with Crippen molar-refractivity contribution in [2.75, 3.05) is 6.54 Å². The third-order valence-corrected chi connectivity index (χ3v) is 6.87. The molecule has 0 amide bonds. The fourth-order valence-corrected chi connectivity index (χ4v) is 5.31. The summed E-state index contributed by atoms with van der Waals surface area (Å²) in [6, 6.07) is 6.89. The van der Waals surface area contributed by atoms with Gasteiger partial charge in [0.05, 0.1) is 10.1 Å². The van der Waals surface area contributed by atoms with Crippen molar-refractivity contribution in [3.8, 4) is 0 Å². The number of benzene rings is 1. The molecule has 1 aromatic carbocycles. The Kier molecular flexibility index (Phi) is 4.69. The van der Waals surface area contributed by atoms with E-state index in [4.69, 9.17) is 5.73 Å². The Hall–Kier alpha value is -0.390.